The van der Waals surface area contributed by atoms with Crippen molar-refractivity contribution in [2.45, 2.75) is 19.5 Å². The van der Waals surface area contributed by atoms with Gasteiger partial charge in [-0.1, -0.05) is 48.5 Å². The van der Waals surface area contributed by atoms with Crippen molar-refractivity contribution in [2.75, 3.05) is 45.3 Å². The van der Waals surface area contributed by atoms with Crippen LogP contribution >= 0.6 is 0 Å². The molecule has 1 saturated heterocycles. The highest BCUT2D eigenvalue weighted by atomic mass is 16.5. The number of ether oxygens (including phenoxy) is 2. The minimum Gasteiger partial charge on any atom is -0.493 e. The van der Waals surface area contributed by atoms with E-state index in [1.807, 2.05) is 6.07 Å². The van der Waals surface area contributed by atoms with Gasteiger partial charge in [0.1, 0.15) is 0 Å². The van der Waals surface area contributed by atoms with Crippen LogP contribution in [0.25, 0.3) is 10.8 Å². The lowest BCUT2D eigenvalue weighted by Crippen LogP contribution is -2.47. The first kappa shape index (κ1) is 22.4. The van der Waals surface area contributed by atoms with Crippen LogP contribution in [0.1, 0.15) is 24.1 Å². The molecule has 4 aromatic rings. The van der Waals surface area contributed by atoms with Crippen molar-refractivity contribution in [2.24, 2.45) is 0 Å². The second-order valence-corrected chi connectivity index (χ2v) is 9.01. The van der Waals surface area contributed by atoms with Crippen LogP contribution < -0.4 is 14.4 Å². The van der Waals surface area contributed by atoms with Crippen molar-refractivity contribution >= 4 is 16.5 Å². The Morgan fingerprint density at radius 3 is 2.29 bits per heavy atom. The lowest BCUT2D eigenvalue weighted by Gasteiger charge is -2.39. The van der Waals surface area contributed by atoms with Gasteiger partial charge in [0.15, 0.2) is 11.5 Å². The number of aromatic nitrogens is 1. The Bertz CT molecular complexity index is 1240. The lowest BCUT2D eigenvalue weighted by molar-refractivity contribution is 0.198. The summed E-state index contributed by atoms with van der Waals surface area (Å²) < 4.78 is 13.1. The van der Waals surface area contributed by atoms with Crippen LogP contribution in [0.5, 0.6) is 11.5 Å². The van der Waals surface area contributed by atoms with Crippen molar-refractivity contribution in [3.63, 3.8) is 0 Å². The fraction of sp³-hybridized carbons (Fsp3) is 0.310. The molecule has 0 unspecified atom stereocenters. The molecule has 1 aliphatic heterocycles. The largest absolute Gasteiger partial charge is 0.493 e. The molecule has 176 valence electrons. The normalized spacial score (nSPS) is 15.4. The Morgan fingerprint density at radius 1 is 0.794 bits per heavy atom. The van der Waals surface area contributed by atoms with E-state index in [2.05, 4.69) is 94.3 Å². The fourth-order valence-corrected chi connectivity index (χ4v) is 5.05. The van der Waals surface area contributed by atoms with Gasteiger partial charge in [-0.25, -0.2) is 0 Å². The highest BCUT2D eigenvalue weighted by Gasteiger charge is 2.23. The molecule has 0 aliphatic carbocycles. The van der Waals surface area contributed by atoms with Gasteiger partial charge in [-0.3, -0.25) is 4.90 Å². The van der Waals surface area contributed by atoms with Gasteiger partial charge < -0.3 is 18.9 Å². The van der Waals surface area contributed by atoms with Crippen LogP contribution in [0.3, 0.4) is 0 Å². The molecule has 1 atom stereocenters. The Labute approximate surface area is 202 Å². The Morgan fingerprint density at radius 2 is 1.56 bits per heavy atom. The number of anilines is 1. The zero-order chi connectivity index (χ0) is 23.5. The van der Waals surface area contributed by atoms with Crippen molar-refractivity contribution in [3.05, 3.63) is 90.3 Å². The maximum absolute atomic E-state index is 5.48. The quantitative estimate of drug-likeness (QED) is 0.363. The highest BCUT2D eigenvalue weighted by Crippen LogP contribution is 2.31. The van der Waals surface area contributed by atoms with Gasteiger partial charge in [0.25, 0.3) is 0 Å². The van der Waals surface area contributed by atoms with Gasteiger partial charge in [0, 0.05) is 67.6 Å². The molecule has 3 aromatic carbocycles. The van der Waals surface area contributed by atoms with Gasteiger partial charge >= 0.3 is 0 Å². The van der Waals surface area contributed by atoms with Gasteiger partial charge in [0.05, 0.1) is 14.2 Å². The van der Waals surface area contributed by atoms with Crippen molar-refractivity contribution in [1.82, 2.24) is 9.47 Å². The van der Waals surface area contributed by atoms with Gasteiger partial charge in [-0.2, -0.15) is 0 Å². The number of rotatable bonds is 7. The van der Waals surface area contributed by atoms with Crippen LogP contribution in [0.4, 0.5) is 5.69 Å². The summed E-state index contributed by atoms with van der Waals surface area (Å²) in [4.78, 5) is 5.13. The van der Waals surface area contributed by atoms with Gasteiger partial charge in [-0.05, 0) is 36.2 Å². The molecule has 1 aromatic heterocycles. The van der Waals surface area contributed by atoms with E-state index >= 15 is 0 Å². The first-order valence-corrected chi connectivity index (χ1v) is 12.0. The number of nitrogens with zero attached hydrogens (tertiary/aromatic N) is 3. The van der Waals surface area contributed by atoms with Crippen molar-refractivity contribution in [1.29, 1.82) is 0 Å². The summed E-state index contributed by atoms with van der Waals surface area (Å²) in [6.45, 7) is 7.32. The van der Waals surface area contributed by atoms with E-state index in [9.17, 15) is 0 Å². The second kappa shape index (κ2) is 9.82. The maximum Gasteiger partial charge on any atom is 0.161 e. The third-order valence-corrected chi connectivity index (χ3v) is 7.01. The zero-order valence-electron chi connectivity index (χ0n) is 20.3. The monoisotopic (exact) mass is 455 g/mol. The van der Waals surface area contributed by atoms with E-state index in [-0.39, 0.29) is 0 Å². The van der Waals surface area contributed by atoms with Crippen LogP contribution in [-0.4, -0.2) is 49.9 Å². The molecule has 34 heavy (non-hydrogen) atoms. The molecule has 1 fully saturated rings. The minimum atomic E-state index is 0.446. The molecule has 0 spiro atoms. The SMILES string of the molecule is COc1ccc(Cn2cc3cccc(N4CCN([C@@H](C)c5ccccc5)CC4)c3c2)cc1OC. The minimum absolute atomic E-state index is 0.446. The maximum atomic E-state index is 5.48. The summed E-state index contributed by atoms with van der Waals surface area (Å²) in [5.41, 5.74) is 3.91. The summed E-state index contributed by atoms with van der Waals surface area (Å²) in [7, 11) is 3.35. The van der Waals surface area contributed by atoms with Gasteiger partial charge in [0.2, 0.25) is 0 Å². The van der Waals surface area contributed by atoms with Crippen LogP contribution in [0, 0.1) is 0 Å². The fourth-order valence-electron chi connectivity index (χ4n) is 5.05. The molecule has 0 N–H and O–H groups in total. The first-order valence-electron chi connectivity index (χ1n) is 12.0. The summed E-state index contributed by atoms with van der Waals surface area (Å²) in [5.74, 6) is 1.52. The number of fused-ring (bicyclic) bond motifs is 1. The molecule has 0 bridgehead atoms. The molecule has 2 heterocycles. The third kappa shape index (κ3) is 4.48. The Kier molecular flexibility index (Phi) is 6.45. The average molecular weight is 456 g/mol. The molecule has 0 radical (unpaired) electrons. The summed E-state index contributed by atoms with van der Waals surface area (Å²) in [6, 6.07) is 24.0. The summed E-state index contributed by atoms with van der Waals surface area (Å²) >= 11 is 0. The average Bonchev–Trinajstić information content (AvgIpc) is 3.31. The second-order valence-electron chi connectivity index (χ2n) is 9.01. The van der Waals surface area contributed by atoms with E-state index in [1.165, 1.54) is 27.6 Å². The number of methoxy groups -OCH3 is 2. The van der Waals surface area contributed by atoms with Crippen LogP contribution in [0.2, 0.25) is 0 Å². The van der Waals surface area contributed by atoms with E-state index in [0.29, 0.717) is 6.04 Å². The molecule has 5 nitrogen and oxygen atoms in total. The molecule has 5 rings (SSSR count). The molecule has 5 heteroatoms. The molecular formula is C29H33N3O2. The van der Waals surface area contributed by atoms with E-state index in [1.54, 1.807) is 14.2 Å². The first-order chi connectivity index (χ1) is 16.7. The predicted octanol–water partition coefficient (Wildman–Crippen LogP) is 5.59. The van der Waals surface area contributed by atoms with Gasteiger partial charge in [-0.15, -0.1) is 0 Å². The third-order valence-electron chi connectivity index (χ3n) is 7.01. The van der Waals surface area contributed by atoms with Crippen molar-refractivity contribution < 1.29 is 9.47 Å². The molecule has 0 saturated carbocycles. The molecular weight excluding hydrogens is 422 g/mol. The lowest BCUT2D eigenvalue weighted by atomic mass is 10.1. The van der Waals surface area contributed by atoms with Crippen LogP contribution in [-0.2, 0) is 6.54 Å². The topological polar surface area (TPSA) is 29.9 Å². The number of hydrogen-bond acceptors (Lipinski definition) is 4. The predicted molar refractivity (Wildman–Crippen MR) is 139 cm³/mol. The number of piperazine rings is 1. The standard InChI is InChI=1S/C29H33N3O2/c1-22(24-8-5-4-6-9-24)31-14-16-32(17-15-31)27-11-7-10-25-20-30(21-26(25)27)19-23-12-13-28(33-2)29(18-23)34-3/h4-13,18,20-22H,14-17,19H2,1-3H3/t22-/m0/s1. The summed E-state index contributed by atoms with van der Waals surface area (Å²) in [5, 5.41) is 2.59. The Balaban J connectivity index is 1.32. The Hall–Kier alpha value is -3.44. The van der Waals surface area contributed by atoms with Crippen molar-refractivity contribution in [3.8, 4) is 11.5 Å². The molecule has 1 aliphatic rings. The van der Waals surface area contributed by atoms with Crippen LogP contribution in [0.15, 0.2) is 79.1 Å². The number of benzene rings is 3. The van der Waals surface area contributed by atoms with E-state index in [4.69, 9.17) is 9.47 Å². The number of hydrogen-bond donors (Lipinski definition) is 0. The zero-order valence-corrected chi connectivity index (χ0v) is 20.3. The summed E-state index contributed by atoms with van der Waals surface area (Å²) in [6.07, 6.45) is 4.52. The van der Waals surface area contributed by atoms with E-state index in [0.717, 1.165) is 44.2 Å². The smallest absolute Gasteiger partial charge is 0.161 e. The highest BCUT2D eigenvalue weighted by molar-refractivity contribution is 5.94. The van der Waals surface area contributed by atoms with E-state index < -0.39 is 0 Å². The molecule has 0 amide bonds.